The number of nitrogens with one attached hydrogen (secondary N) is 1. The zero-order chi connectivity index (χ0) is 11.2. The van der Waals surface area contributed by atoms with Crippen molar-refractivity contribution in [2.45, 2.75) is 50.5 Å². The average Bonchev–Trinajstić information content (AvgIpc) is 2.97. The molecular formula is C13H22N2O. The molecule has 0 bridgehead atoms. The van der Waals surface area contributed by atoms with Crippen LogP contribution in [-0.4, -0.2) is 18.0 Å². The Kier molecular flexibility index (Phi) is 2.46. The first kappa shape index (κ1) is 10.6. The van der Waals surface area contributed by atoms with Crippen LogP contribution in [0.5, 0.6) is 0 Å². The molecule has 2 atom stereocenters. The molecule has 3 nitrogen and oxygen atoms in total. The number of hydrogen-bond donors (Lipinski definition) is 2. The van der Waals surface area contributed by atoms with E-state index < -0.39 is 0 Å². The Morgan fingerprint density at radius 1 is 1.19 bits per heavy atom. The molecule has 0 spiro atoms. The van der Waals surface area contributed by atoms with E-state index in [0.29, 0.717) is 30.2 Å². The van der Waals surface area contributed by atoms with Crippen LogP contribution in [0.1, 0.15) is 44.9 Å². The van der Waals surface area contributed by atoms with Crippen LogP contribution in [0.25, 0.3) is 0 Å². The van der Waals surface area contributed by atoms with Crippen LogP contribution in [0.2, 0.25) is 0 Å². The Bertz CT molecular complexity index is 281. The SMILES string of the molecule is NCC1(NC(=O)C2C3CCCCC32)CCC1. The van der Waals surface area contributed by atoms with E-state index in [1.165, 1.54) is 32.1 Å². The molecule has 3 rings (SSSR count). The first-order valence-electron chi connectivity index (χ1n) is 6.78. The maximum Gasteiger partial charge on any atom is 0.224 e. The highest BCUT2D eigenvalue weighted by molar-refractivity contribution is 5.83. The third-order valence-electron chi connectivity index (χ3n) is 5.05. The second kappa shape index (κ2) is 3.73. The highest BCUT2D eigenvalue weighted by atomic mass is 16.2. The van der Waals surface area contributed by atoms with Crippen LogP contribution in [0.4, 0.5) is 0 Å². The van der Waals surface area contributed by atoms with Gasteiger partial charge in [0.2, 0.25) is 5.91 Å². The predicted octanol–water partition coefficient (Wildman–Crippen LogP) is 1.42. The maximum absolute atomic E-state index is 12.2. The Labute approximate surface area is 97.2 Å². The molecule has 2 unspecified atom stereocenters. The van der Waals surface area contributed by atoms with E-state index in [1.54, 1.807) is 0 Å². The number of rotatable bonds is 3. The third kappa shape index (κ3) is 1.56. The Morgan fingerprint density at radius 2 is 1.81 bits per heavy atom. The van der Waals surface area contributed by atoms with Gasteiger partial charge in [-0.3, -0.25) is 4.79 Å². The predicted molar refractivity (Wildman–Crippen MR) is 62.7 cm³/mol. The maximum atomic E-state index is 12.2. The highest BCUT2D eigenvalue weighted by Gasteiger charge is 2.55. The summed E-state index contributed by atoms with van der Waals surface area (Å²) in [4.78, 5) is 12.2. The lowest BCUT2D eigenvalue weighted by Crippen LogP contribution is -2.58. The Morgan fingerprint density at radius 3 is 2.25 bits per heavy atom. The summed E-state index contributed by atoms with van der Waals surface area (Å²) in [6.45, 7) is 0.612. The lowest BCUT2D eigenvalue weighted by atomic mass is 9.76. The van der Waals surface area contributed by atoms with E-state index in [2.05, 4.69) is 5.32 Å². The fourth-order valence-corrected chi connectivity index (χ4v) is 3.71. The van der Waals surface area contributed by atoms with Gasteiger partial charge in [-0.1, -0.05) is 12.8 Å². The molecule has 3 aliphatic rings. The van der Waals surface area contributed by atoms with Crippen molar-refractivity contribution in [3.05, 3.63) is 0 Å². The summed E-state index contributed by atoms with van der Waals surface area (Å²) in [6, 6.07) is 0. The lowest BCUT2D eigenvalue weighted by molar-refractivity contribution is -0.125. The van der Waals surface area contributed by atoms with Crippen LogP contribution < -0.4 is 11.1 Å². The number of nitrogens with two attached hydrogens (primary N) is 1. The van der Waals surface area contributed by atoms with Gasteiger partial charge in [0.05, 0.1) is 5.54 Å². The minimum atomic E-state index is -0.0250. The average molecular weight is 222 g/mol. The zero-order valence-electron chi connectivity index (χ0n) is 9.87. The topological polar surface area (TPSA) is 55.1 Å². The first-order valence-corrected chi connectivity index (χ1v) is 6.78. The van der Waals surface area contributed by atoms with Crippen molar-refractivity contribution >= 4 is 5.91 Å². The van der Waals surface area contributed by atoms with Gasteiger partial charge in [-0.15, -0.1) is 0 Å². The molecule has 16 heavy (non-hydrogen) atoms. The molecule has 1 amide bonds. The summed E-state index contributed by atoms with van der Waals surface area (Å²) in [5.74, 6) is 2.07. The Hall–Kier alpha value is -0.570. The fraction of sp³-hybridized carbons (Fsp3) is 0.923. The van der Waals surface area contributed by atoms with Gasteiger partial charge in [0, 0.05) is 12.5 Å². The van der Waals surface area contributed by atoms with Crippen molar-refractivity contribution in [3.63, 3.8) is 0 Å². The van der Waals surface area contributed by atoms with Gasteiger partial charge in [-0.2, -0.15) is 0 Å². The van der Waals surface area contributed by atoms with Crippen LogP contribution >= 0.6 is 0 Å². The monoisotopic (exact) mass is 222 g/mol. The molecule has 3 saturated carbocycles. The third-order valence-corrected chi connectivity index (χ3v) is 5.05. The van der Waals surface area contributed by atoms with Gasteiger partial charge in [0.25, 0.3) is 0 Å². The summed E-state index contributed by atoms with van der Waals surface area (Å²) >= 11 is 0. The number of hydrogen-bond acceptors (Lipinski definition) is 2. The molecule has 0 aromatic heterocycles. The highest BCUT2D eigenvalue weighted by Crippen LogP contribution is 2.55. The van der Waals surface area contributed by atoms with Crippen LogP contribution in [-0.2, 0) is 4.79 Å². The molecule has 0 saturated heterocycles. The van der Waals surface area contributed by atoms with Crippen molar-refractivity contribution in [1.29, 1.82) is 0 Å². The second-order valence-electron chi connectivity index (χ2n) is 5.97. The largest absolute Gasteiger partial charge is 0.349 e. The smallest absolute Gasteiger partial charge is 0.224 e. The van der Waals surface area contributed by atoms with Gasteiger partial charge in [-0.05, 0) is 43.9 Å². The number of fused-ring (bicyclic) bond motifs is 1. The summed E-state index contributed by atoms with van der Waals surface area (Å²) in [5, 5.41) is 3.23. The number of carbonyl (C=O) groups is 1. The molecule has 3 aliphatic carbocycles. The molecule has 3 N–H and O–H groups in total. The van der Waals surface area contributed by atoms with Crippen molar-refractivity contribution in [1.82, 2.24) is 5.32 Å². The molecule has 0 aliphatic heterocycles. The zero-order valence-corrected chi connectivity index (χ0v) is 9.87. The van der Waals surface area contributed by atoms with Crippen molar-refractivity contribution < 1.29 is 4.79 Å². The standard InChI is InChI=1S/C13H22N2O/c14-8-13(6-3-7-13)15-12(16)11-9-4-1-2-5-10(9)11/h9-11H,1-8,14H2,(H,15,16). The molecule has 0 heterocycles. The van der Waals surface area contributed by atoms with E-state index in [0.717, 1.165) is 12.8 Å². The van der Waals surface area contributed by atoms with Gasteiger partial charge in [-0.25, -0.2) is 0 Å². The quantitative estimate of drug-likeness (QED) is 0.759. The molecule has 0 radical (unpaired) electrons. The van der Waals surface area contributed by atoms with Crippen LogP contribution in [0.3, 0.4) is 0 Å². The first-order chi connectivity index (χ1) is 7.76. The molecule has 3 fully saturated rings. The van der Waals surface area contributed by atoms with E-state index in [4.69, 9.17) is 5.73 Å². The fourth-order valence-electron chi connectivity index (χ4n) is 3.71. The van der Waals surface area contributed by atoms with Crippen LogP contribution in [0, 0.1) is 17.8 Å². The number of amides is 1. The summed E-state index contributed by atoms with van der Waals surface area (Å²) < 4.78 is 0. The molecule has 0 aromatic carbocycles. The lowest BCUT2D eigenvalue weighted by Gasteiger charge is -2.41. The number of carbonyl (C=O) groups excluding carboxylic acids is 1. The van der Waals surface area contributed by atoms with Gasteiger partial charge >= 0.3 is 0 Å². The van der Waals surface area contributed by atoms with Gasteiger partial charge in [0.1, 0.15) is 0 Å². The molecular weight excluding hydrogens is 200 g/mol. The molecule has 3 heteroatoms. The van der Waals surface area contributed by atoms with Crippen molar-refractivity contribution in [2.75, 3.05) is 6.54 Å². The summed E-state index contributed by atoms with van der Waals surface area (Å²) in [6.07, 6.45) is 8.58. The van der Waals surface area contributed by atoms with E-state index in [-0.39, 0.29) is 5.54 Å². The van der Waals surface area contributed by atoms with E-state index in [9.17, 15) is 4.79 Å². The summed E-state index contributed by atoms with van der Waals surface area (Å²) in [7, 11) is 0. The summed E-state index contributed by atoms with van der Waals surface area (Å²) in [5.41, 5.74) is 5.74. The van der Waals surface area contributed by atoms with Gasteiger partial charge in [0.15, 0.2) is 0 Å². The van der Waals surface area contributed by atoms with Crippen molar-refractivity contribution in [2.24, 2.45) is 23.5 Å². The minimum Gasteiger partial charge on any atom is -0.349 e. The second-order valence-corrected chi connectivity index (χ2v) is 5.97. The molecule has 90 valence electrons. The Balaban J connectivity index is 1.58. The molecule has 0 aromatic rings. The van der Waals surface area contributed by atoms with E-state index in [1.807, 2.05) is 0 Å². The van der Waals surface area contributed by atoms with Crippen molar-refractivity contribution in [3.8, 4) is 0 Å². The van der Waals surface area contributed by atoms with E-state index >= 15 is 0 Å². The normalized spacial score (nSPS) is 39.4. The van der Waals surface area contributed by atoms with Crippen LogP contribution in [0.15, 0.2) is 0 Å². The van der Waals surface area contributed by atoms with Gasteiger partial charge < -0.3 is 11.1 Å². The minimum absolute atomic E-state index is 0.0250.